The first-order valence-electron chi connectivity index (χ1n) is 13.3. The molecule has 214 valence electrons. The number of hydrogen-bond acceptors (Lipinski definition) is 8. The molecule has 0 radical (unpaired) electrons. The van der Waals surface area contributed by atoms with Gasteiger partial charge in [0.2, 0.25) is 11.8 Å². The van der Waals surface area contributed by atoms with Crippen LogP contribution in [0.3, 0.4) is 0 Å². The molecular formula is C29H28F3N5O3S. The first-order valence-corrected chi connectivity index (χ1v) is 14.2. The number of halogens is 3. The number of amides is 1. The van der Waals surface area contributed by atoms with E-state index in [4.69, 9.17) is 4.52 Å². The highest BCUT2D eigenvalue weighted by atomic mass is 32.1. The van der Waals surface area contributed by atoms with Gasteiger partial charge in [-0.2, -0.15) is 4.98 Å². The summed E-state index contributed by atoms with van der Waals surface area (Å²) in [7, 11) is 0. The molecule has 1 saturated carbocycles. The zero-order chi connectivity index (χ0) is 28.7. The van der Waals surface area contributed by atoms with E-state index in [1.807, 2.05) is 24.6 Å². The highest BCUT2D eigenvalue weighted by Gasteiger charge is 2.47. The summed E-state index contributed by atoms with van der Waals surface area (Å²) in [4.78, 5) is 25.1. The Bertz CT molecular complexity index is 1580. The highest BCUT2D eigenvalue weighted by Crippen LogP contribution is 2.47. The van der Waals surface area contributed by atoms with Crippen LogP contribution in [-0.2, 0) is 30.8 Å². The normalized spacial score (nSPS) is 18.7. The van der Waals surface area contributed by atoms with Gasteiger partial charge in [-0.1, -0.05) is 29.4 Å². The van der Waals surface area contributed by atoms with Gasteiger partial charge in [0.15, 0.2) is 5.82 Å². The summed E-state index contributed by atoms with van der Waals surface area (Å²) in [6.07, 6.45) is -3.38. The Labute approximate surface area is 238 Å². The third kappa shape index (κ3) is 6.13. The Morgan fingerprint density at radius 2 is 2.07 bits per heavy atom. The lowest BCUT2D eigenvalue weighted by atomic mass is 9.87. The predicted octanol–water partition coefficient (Wildman–Crippen LogP) is 5.69. The summed E-state index contributed by atoms with van der Waals surface area (Å²) in [5.41, 5.74) is 7.52. The van der Waals surface area contributed by atoms with Crippen molar-refractivity contribution in [2.45, 2.75) is 58.6 Å². The molecular weight excluding hydrogens is 555 g/mol. The zero-order valence-corrected chi connectivity index (χ0v) is 23.3. The minimum atomic E-state index is -4.77. The first kappa shape index (κ1) is 27.4. The molecule has 2 aromatic carbocycles. The number of ether oxygens (including phenoxy) is 1. The molecule has 1 aliphatic carbocycles. The molecule has 2 atom stereocenters. The van der Waals surface area contributed by atoms with E-state index in [0.717, 1.165) is 47.5 Å². The van der Waals surface area contributed by atoms with Crippen molar-refractivity contribution in [3.8, 4) is 16.9 Å². The lowest BCUT2D eigenvalue weighted by Gasteiger charge is -2.32. The van der Waals surface area contributed by atoms with Crippen LogP contribution in [0.25, 0.3) is 11.1 Å². The molecule has 6 rings (SSSR count). The van der Waals surface area contributed by atoms with Crippen LogP contribution < -0.4 is 10.1 Å². The molecule has 0 bridgehead atoms. The lowest BCUT2D eigenvalue weighted by molar-refractivity contribution is -0.274. The van der Waals surface area contributed by atoms with Gasteiger partial charge < -0.3 is 14.6 Å². The number of alkyl halides is 3. The standard InChI is InChI=1S/C29H28F3N5O3S/c1-16-26(41-15-34-16)14-37-9-8-22-21(18-4-3-5-20(10-18)39-29(30,31)32)7-6-19(25(22)13-37)12-33-27(38)23-11-24(23)28-35-17(2)36-40-28/h3-7,10,15,23-24H,8-9,11-14H2,1-2H3,(H,33,38)/t23-,24-/m1/s1. The van der Waals surface area contributed by atoms with E-state index >= 15 is 0 Å². The number of thiazole rings is 1. The van der Waals surface area contributed by atoms with E-state index in [1.54, 1.807) is 30.4 Å². The summed E-state index contributed by atoms with van der Waals surface area (Å²) < 4.78 is 48.1. The second-order valence-corrected chi connectivity index (χ2v) is 11.4. The Morgan fingerprint density at radius 3 is 2.80 bits per heavy atom. The fourth-order valence-corrected chi connectivity index (χ4v) is 6.26. The number of hydrogen-bond donors (Lipinski definition) is 1. The molecule has 2 aliphatic rings. The summed E-state index contributed by atoms with van der Waals surface area (Å²) in [5.74, 6) is 0.465. The van der Waals surface area contributed by atoms with E-state index in [9.17, 15) is 18.0 Å². The van der Waals surface area contributed by atoms with Crippen molar-refractivity contribution < 1.29 is 27.2 Å². The van der Waals surface area contributed by atoms with Gasteiger partial charge in [-0.15, -0.1) is 24.5 Å². The van der Waals surface area contributed by atoms with Crippen molar-refractivity contribution in [3.05, 3.63) is 80.9 Å². The molecule has 8 nitrogen and oxygen atoms in total. The maximum Gasteiger partial charge on any atom is 0.573 e. The number of carbonyl (C=O) groups excluding carboxylic acids is 1. The number of aryl methyl sites for hydroxylation is 2. The Balaban J connectivity index is 1.25. The number of carbonyl (C=O) groups is 1. The summed E-state index contributed by atoms with van der Waals surface area (Å²) in [6.45, 7) is 6.29. The van der Waals surface area contributed by atoms with Crippen LogP contribution >= 0.6 is 11.3 Å². The van der Waals surface area contributed by atoms with E-state index < -0.39 is 6.36 Å². The van der Waals surface area contributed by atoms with Gasteiger partial charge in [0.1, 0.15) is 5.75 Å². The average molecular weight is 584 g/mol. The molecule has 0 spiro atoms. The van der Waals surface area contributed by atoms with Crippen LogP contribution in [-0.4, -0.2) is 38.8 Å². The summed E-state index contributed by atoms with van der Waals surface area (Å²) >= 11 is 1.63. The molecule has 1 aliphatic heterocycles. The van der Waals surface area contributed by atoms with Crippen molar-refractivity contribution in [3.63, 3.8) is 0 Å². The van der Waals surface area contributed by atoms with Crippen molar-refractivity contribution in [2.24, 2.45) is 5.92 Å². The number of nitrogens with zero attached hydrogens (tertiary/aromatic N) is 4. The molecule has 1 fully saturated rings. The van der Waals surface area contributed by atoms with E-state index in [0.29, 0.717) is 36.8 Å². The quantitative estimate of drug-likeness (QED) is 0.285. The average Bonchev–Trinajstić information content (AvgIpc) is 3.46. The fourth-order valence-electron chi connectivity index (χ4n) is 5.44. The highest BCUT2D eigenvalue weighted by molar-refractivity contribution is 7.09. The largest absolute Gasteiger partial charge is 0.573 e. The first-order chi connectivity index (χ1) is 19.6. The monoisotopic (exact) mass is 583 g/mol. The van der Waals surface area contributed by atoms with Crippen LogP contribution in [0.2, 0.25) is 0 Å². The summed E-state index contributed by atoms with van der Waals surface area (Å²) in [5, 5.41) is 6.90. The maximum absolute atomic E-state index is 13.0. The van der Waals surface area contributed by atoms with Gasteiger partial charge in [-0.3, -0.25) is 9.69 Å². The molecule has 2 aromatic heterocycles. The van der Waals surface area contributed by atoms with E-state index in [2.05, 4.69) is 30.1 Å². The maximum atomic E-state index is 13.0. The summed E-state index contributed by atoms with van der Waals surface area (Å²) in [6, 6.07) is 9.96. The van der Waals surface area contributed by atoms with Crippen molar-refractivity contribution in [1.82, 2.24) is 25.3 Å². The fraction of sp³-hybridized carbons (Fsp3) is 0.379. The van der Waals surface area contributed by atoms with E-state index in [-0.39, 0.29) is 23.5 Å². The molecule has 1 amide bonds. The number of fused-ring (bicyclic) bond motifs is 1. The third-order valence-corrected chi connectivity index (χ3v) is 8.54. The number of aromatic nitrogens is 3. The Morgan fingerprint density at radius 1 is 1.22 bits per heavy atom. The predicted molar refractivity (Wildman–Crippen MR) is 145 cm³/mol. The lowest BCUT2D eigenvalue weighted by Crippen LogP contribution is -2.32. The van der Waals surface area contributed by atoms with Crippen LogP contribution in [0.1, 0.15) is 51.3 Å². The third-order valence-electron chi connectivity index (χ3n) is 7.62. The van der Waals surface area contributed by atoms with Crippen LogP contribution in [0.15, 0.2) is 46.4 Å². The number of nitrogens with one attached hydrogen (secondary N) is 1. The van der Waals surface area contributed by atoms with Crippen LogP contribution in [0, 0.1) is 19.8 Å². The molecule has 3 heterocycles. The van der Waals surface area contributed by atoms with Crippen molar-refractivity contribution in [2.75, 3.05) is 6.54 Å². The minimum absolute atomic E-state index is 0.0585. The van der Waals surface area contributed by atoms with Crippen molar-refractivity contribution in [1.29, 1.82) is 0 Å². The molecule has 41 heavy (non-hydrogen) atoms. The smallest absolute Gasteiger partial charge is 0.406 e. The van der Waals surface area contributed by atoms with Crippen LogP contribution in [0.5, 0.6) is 5.75 Å². The van der Waals surface area contributed by atoms with Gasteiger partial charge in [-0.05, 0) is 66.6 Å². The molecule has 0 saturated heterocycles. The van der Waals surface area contributed by atoms with Gasteiger partial charge >= 0.3 is 6.36 Å². The topological polar surface area (TPSA) is 93.4 Å². The van der Waals surface area contributed by atoms with Gasteiger partial charge in [0.05, 0.1) is 23.0 Å². The zero-order valence-electron chi connectivity index (χ0n) is 22.5. The molecule has 4 aromatic rings. The second-order valence-electron chi connectivity index (χ2n) is 10.5. The minimum Gasteiger partial charge on any atom is -0.406 e. The second kappa shape index (κ2) is 10.9. The van der Waals surface area contributed by atoms with E-state index in [1.165, 1.54) is 17.0 Å². The Hall–Kier alpha value is -3.77. The SMILES string of the molecule is Cc1noc([C@@H]2C[C@H]2C(=O)NCc2ccc(-c3cccc(OC(F)(F)F)c3)c3c2CN(Cc2scnc2C)CC3)n1. The number of rotatable bonds is 8. The van der Waals surface area contributed by atoms with Gasteiger partial charge in [0, 0.05) is 31.1 Å². The molecule has 1 N–H and O–H groups in total. The molecule has 0 unspecified atom stereocenters. The van der Waals surface area contributed by atoms with Gasteiger partial charge in [0.25, 0.3) is 0 Å². The van der Waals surface area contributed by atoms with Crippen LogP contribution in [0.4, 0.5) is 13.2 Å². The molecule has 12 heteroatoms. The van der Waals surface area contributed by atoms with Crippen molar-refractivity contribution >= 4 is 17.2 Å². The number of benzene rings is 2. The van der Waals surface area contributed by atoms with Gasteiger partial charge in [-0.25, -0.2) is 4.98 Å². The Kier molecular flexibility index (Phi) is 7.28.